The van der Waals surface area contributed by atoms with Crippen LogP contribution in [0.5, 0.6) is 0 Å². The maximum atomic E-state index is 11.4. The number of hydrogen-bond acceptors (Lipinski definition) is 6. The Morgan fingerprint density at radius 2 is 2.04 bits per heavy atom. The van der Waals surface area contributed by atoms with Crippen LogP contribution < -0.4 is 9.80 Å². The molecule has 126 valence electrons. The van der Waals surface area contributed by atoms with E-state index in [1.54, 1.807) is 30.3 Å². The normalized spacial score (nSPS) is 14.0. The molecule has 2 aromatic heterocycles. The number of nitrogens with zero attached hydrogens (tertiary/aromatic N) is 5. The van der Waals surface area contributed by atoms with Crippen molar-refractivity contribution in [2.75, 3.05) is 29.9 Å². The summed E-state index contributed by atoms with van der Waals surface area (Å²) >= 11 is 5.79. The molecule has 3 rings (SSSR count). The predicted molar refractivity (Wildman–Crippen MR) is 93.7 cm³/mol. The molecule has 1 fully saturated rings. The van der Waals surface area contributed by atoms with Gasteiger partial charge in [0.05, 0.1) is 4.92 Å². The zero-order valence-electron chi connectivity index (χ0n) is 13.4. The van der Waals surface area contributed by atoms with Gasteiger partial charge in [-0.2, -0.15) is 0 Å². The molecule has 1 aliphatic heterocycles. The largest absolute Gasteiger partial charge is 0.357 e. The summed E-state index contributed by atoms with van der Waals surface area (Å²) in [4.78, 5) is 23.5. The number of nitro groups is 1. The second-order valence-corrected chi connectivity index (χ2v) is 6.20. The molecule has 0 bridgehead atoms. The first-order valence-electron chi connectivity index (χ1n) is 7.76. The van der Waals surface area contributed by atoms with Crippen molar-refractivity contribution in [3.8, 4) is 0 Å². The molecule has 8 heteroatoms. The average Bonchev–Trinajstić information content (AvgIpc) is 3.11. The zero-order chi connectivity index (χ0) is 17.1. The van der Waals surface area contributed by atoms with E-state index in [0.29, 0.717) is 17.5 Å². The Hall–Kier alpha value is -2.41. The molecule has 7 nitrogen and oxygen atoms in total. The number of pyridine rings is 2. The highest BCUT2D eigenvalue weighted by Gasteiger charge is 2.22. The highest BCUT2D eigenvalue weighted by atomic mass is 35.5. The van der Waals surface area contributed by atoms with Crippen molar-refractivity contribution in [1.29, 1.82) is 0 Å². The van der Waals surface area contributed by atoms with E-state index in [1.807, 2.05) is 6.07 Å². The van der Waals surface area contributed by atoms with Crippen LogP contribution in [0.1, 0.15) is 18.4 Å². The van der Waals surface area contributed by atoms with Gasteiger partial charge in [-0.3, -0.25) is 10.1 Å². The second kappa shape index (κ2) is 7.00. The van der Waals surface area contributed by atoms with E-state index in [2.05, 4.69) is 14.9 Å². The van der Waals surface area contributed by atoms with Gasteiger partial charge >= 0.3 is 5.69 Å². The summed E-state index contributed by atoms with van der Waals surface area (Å²) in [6, 6.07) is 6.81. The number of aromatic nitrogens is 2. The van der Waals surface area contributed by atoms with Crippen LogP contribution >= 0.6 is 11.6 Å². The molecule has 24 heavy (non-hydrogen) atoms. The lowest BCUT2D eigenvalue weighted by Crippen LogP contribution is -2.23. The van der Waals surface area contributed by atoms with E-state index >= 15 is 0 Å². The van der Waals surface area contributed by atoms with E-state index < -0.39 is 4.92 Å². The van der Waals surface area contributed by atoms with Crippen LogP contribution in [0.2, 0.25) is 5.15 Å². The molecule has 3 heterocycles. The Bertz CT molecular complexity index is 732. The van der Waals surface area contributed by atoms with Crippen LogP contribution in [0, 0.1) is 10.1 Å². The fourth-order valence-electron chi connectivity index (χ4n) is 2.83. The van der Waals surface area contributed by atoms with E-state index in [4.69, 9.17) is 11.6 Å². The SMILES string of the molecule is CN(Cc1ccc(Cl)nc1)c1nc(N2CCCC2)ccc1[N+](=O)[O-]. The van der Waals surface area contributed by atoms with Crippen LogP contribution in [-0.4, -0.2) is 35.0 Å². The molecule has 0 radical (unpaired) electrons. The first-order valence-corrected chi connectivity index (χ1v) is 8.14. The Morgan fingerprint density at radius 1 is 1.29 bits per heavy atom. The quantitative estimate of drug-likeness (QED) is 0.469. The van der Waals surface area contributed by atoms with Gasteiger partial charge in [-0.1, -0.05) is 17.7 Å². The minimum Gasteiger partial charge on any atom is -0.357 e. The zero-order valence-corrected chi connectivity index (χ0v) is 14.1. The molecule has 0 aliphatic carbocycles. The van der Waals surface area contributed by atoms with Crippen LogP contribution in [0.4, 0.5) is 17.3 Å². The number of anilines is 2. The molecule has 2 aromatic rings. The minimum atomic E-state index is -0.396. The molecule has 0 saturated carbocycles. The van der Waals surface area contributed by atoms with Crippen LogP contribution in [0.15, 0.2) is 30.5 Å². The molecule has 1 saturated heterocycles. The summed E-state index contributed by atoms with van der Waals surface area (Å²) in [6.45, 7) is 2.34. The molecular formula is C16H18ClN5O2. The van der Waals surface area contributed by atoms with Crippen molar-refractivity contribution in [3.63, 3.8) is 0 Å². The van der Waals surface area contributed by atoms with Gasteiger partial charge in [0.25, 0.3) is 0 Å². The van der Waals surface area contributed by atoms with E-state index in [0.717, 1.165) is 37.3 Å². The van der Waals surface area contributed by atoms with Gasteiger partial charge < -0.3 is 9.80 Å². The Kier molecular flexibility index (Phi) is 4.80. The number of halogens is 1. The van der Waals surface area contributed by atoms with Crippen LogP contribution in [0.25, 0.3) is 0 Å². The predicted octanol–water partition coefficient (Wildman–Crippen LogP) is 3.27. The first kappa shape index (κ1) is 16.4. The fraction of sp³-hybridized carbons (Fsp3) is 0.375. The van der Waals surface area contributed by atoms with Gasteiger partial charge in [0.1, 0.15) is 11.0 Å². The Labute approximate surface area is 145 Å². The average molecular weight is 348 g/mol. The summed E-state index contributed by atoms with van der Waals surface area (Å²) < 4.78 is 0. The van der Waals surface area contributed by atoms with Gasteiger partial charge in [0.15, 0.2) is 0 Å². The topological polar surface area (TPSA) is 75.4 Å². The van der Waals surface area contributed by atoms with Gasteiger partial charge in [0, 0.05) is 38.9 Å². The van der Waals surface area contributed by atoms with Crippen molar-refractivity contribution >= 4 is 28.9 Å². The maximum absolute atomic E-state index is 11.4. The van der Waals surface area contributed by atoms with Gasteiger partial charge in [-0.05, 0) is 30.5 Å². The van der Waals surface area contributed by atoms with Gasteiger partial charge in [0.2, 0.25) is 5.82 Å². The van der Waals surface area contributed by atoms with E-state index in [1.165, 1.54) is 6.07 Å². The highest BCUT2D eigenvalue weighted by Crippen LogP contribution is 2.30. The molecule has 0 atom stereocenters. The van der Waals surface area contributed by atoms with Crippen molar-refractivity contribution in [2.45, 2.75) is 19.4 Å². The summed E-state index contributed by atoms with van der Waals surface area (Å²) in [5, 5.41) is 11.8. The van der Waals surface area contributed by atoms with E-state index in [9.17, 15) is 10.1 Å². The maximum Gasteiger partial charge on any atom is 0.311 e. The van der Waals surface area contributed by atoms with Crippen molar-refractivity contribution in [2.24, 2.45) is 0 Å². The molecule has 0 amide bonds. The summed E-state index contributed by atoms with van der Waals surface area (Å²) in [6.07, 6.45) is 3.91. The number of rotatable bonds is 5. The smallest absolute Gasteiger partial charge is 0.311 e. The third-order valence-electron chi connectivity index (χ3n) is 4.04. The Balaban J connectivity index is 1.89. The monoisotopic (exact) mass is 347 g/mol. The third kappa shape index (κ3) is 3.56. The van der Waals surface area contributed by atoms with Crippen molar-refractivity contribution in [1.82, 2.24) is 9.97 Å². The first-order chi connectivity index (χ1) is 11.5. The Morgan fingerprint density at radius 3 is 2.67 bits per heavy atom. The summed E-state index contributed by atoms with van der Waals surface area (Å²) in [5.74, 6) is 1.15. The highest BCUT2D eigenvalue weighted by molar-refractivity contribution is 6.29. The van der Waals surface area contributed by atoms with Crippen LogP contribution in [-0.2, 0) is 6.54 Å². The minimum absolute atomic E-state index is 0.00219. The lowest BCUT2D eigenvalue weighted by atomic mass is 10.2. The molecule has 0 spiro atoms. The fourth-order valence-corrected chi connectivity index (χ4v) is 2.94. The standard InChI is InChI=1S/C16H18ClN5O2/c1-20(11-12-4-6-14(17)18-10-12)16-13(22(23)24)5-7-15(19-16)21-8-2-3-9-21/h4-7,10H,2-3,8-9,11H2,1H3. The van der Waals surface area contributed by atoms with Crippen LogP contribution in [0.3, 0.4) is 0 Å². The van der Waals surface area contributed by atoms with Crippen molar-refractivity contribution < 1.29 is 4.92 Å². The third-order valence-corrected chi connectivity index (χ3v) is 4.26. The molecule has 0 unspecified atom stereocenters. The molecular weight excluding hydrogens is 330 g/mol. The molecule has 1 aliphatic rings. The number of hydrogen-bond donors (Lipinski definition) is 0. The van der Waals surface area contributed by atoms with Crippen molar-refractivity contribution in [3.05, 3.63) is 51.3 Å². The molecule has 0 aromatic carbocycles. The lowest BCUT2D eigenvalue weighted by molar-refractivity contribution is -0.384. The van der Waals surface area contributed by atoms with Gasteiger partial charge in [-0.25, -0.2) is 9.97 Å². The second-order valence-electron chi connectivity index (χ2n) is 5.81. The summed E-state index contributed by atoms with van der Waals surface area (Å²) in [7, 11) is 1.79. The molecule has 0 N–H and O–H groups in total. The van der Waals surface area contributed by atoms with Gasteiger partial charge in [-0.15, -0.1) is 0 Å². The lowest BCUT2D eigenvalue weighted by Gasteiger charge is -2.21. The van der Waals surface area contributed by atoms with E-state index in [-0.39, 0.29) is 5.69 Å². The summed E-state index contributed by atoms with van der Waals surface area (Å²) in [5.41, 5.74) is 0.909.